The summed E-state index contributed by atoms with van der Waals surface area (Å²) in [6, 6.07) is 20.3. The van der Waals surface area contributed by atoms with Crippen LogP contribution in [0.5, 0.6) is 5.75 Å². The van der Waals surface area contributed by atoms with Gasteiger partial charge in [0.1, 0.15) is 18.0 Å². The van der Waals surface area contributed by atoms with Gasteiger partial charge in [0, 0.05) is 23.8 Å². The number of anilines is 1. The van der Waals surface area contributed by atoms with Crippen molar-refractivity contribution in [2.24, 2.45) is 5.10 Å². The largest absolute Gasteiger partial charge is 0.488 e. The number of nitro benzene ring substituents is 3. The SMILES string of the molecule is O=[N+]([O-])c1ccc(COc2ccc3ccccc3c2/C=N/Nc2ccc([N+](=O)[O-])cc2[N+](=O)[O-])cc1. The number of benzene rings is 4. The fraction of sp³-hybridized carbons (Fsp3) is 0.0417. The first-order valence-electron chi connectivity index (χ1n) is 10.4. The van der Waals surface area contributed by atoms with Gasteiger partial charge in [-0.15, -0.1) is 0 Å². The van der Waals surface area contributed by atoms with E-state index in [-0.39, 0.29) is 18.0 Å². The standard InChI is InChI=1S/C24H17N5O7/c30-27(31)18-8-5-16(6-9-18)15-36-24-12-7-17-3-1-2-4-20(17)21(24)14-25-26-22-11-10-19(28(32)33)13-23(22)29(34)35/h1-14,26H,15H2/b25-14+. The maximum absolute atomic E-state index is 11.4. The van der Waals surface area contributed by atoms with E-state index in [0.29, 0.717) is 11.3 Å². The summed E-state index contributed by atoms with van der Waals surface area (Å²) >= 11 is 0. The molecule has 0 radical (unpaired) electrons. The van der Waals surface area contributed by atoms with Crippen LogP contribution in [0.1, 0.15) is 11.1 Å². The lowest BCUT2D eigenvalue weighted by molar-refractivity contribution is -0.393. The number of rotatable bonds is 9. The molecule has 0 unspecified atom stereocenters. The molecule has 0 heterocycles. The second-order valence-corrected chi connectivity index (χ2v) is 7.50. The molecule has 0 aromatic heterocycles. The lowest BCUT2D eigenvalue weighted by atomic mass is 10.0. The topological polar surface area (TPSA) is 163 Å². The molecule has 12 nitrogen and oxygen atoms in total. The van der Waals surface area contributed by atoms with Crippen LogP contribution >= 0.6 is 0 Å². The summed E-state index contributed by atoms with van der Waals surface area (Å²) in [5, 5.41) is 39.0. The van der Waals surface area contributed by atoms with Gasteiger partial charge in [-0.05, 0) is 40.6 Å². The number of nitrogens with zero attached hydrogens (tertiary/aromatic N) is 4. The fourth-order valence-corrected chi connectivity index (χ4v) is 3.46. The third-order valence-corrected chi connectivity index (χ3v) is 5.24. The molecule has 0 amide bonds. The summed E-state index contributed by atoms with van der Waals surface area (Å²) in [4.78, 5) is 31.2. The zero-order valence-corrected chi connectivity index (χ0v) is 18.4. The lowest BCUT2D eigenvalue weighted by Crippen LogP contribution is -2.01. The Morgan fingerprint density at radius 1 is 0.806 bits per heavy atom. The molecule has 180 valence electrons. The van der Waals surface area contributed by atoms with Crippen LogP contribution in [0.25, 0.3) is 10.8 Å². The summed E-state index contributed by atoms with van der Waals surface area (Å²) in [7, 11) is 0. The molecule has 0 bridgehead atoms. The molecule has 0 aliphatic rings. The number of fused-ring (bicyclic) bond motifs is 1. The van der Waals surface area contributed by atoms with E-state index >= 15 is 0 Å². The molecule has 0 fully saturated rings. The van der Waals surface area contributed by atoms with E-state index in [1.165, 1.54) is 24.4 Å². The maximum atomic E-state index is 11.4. The van der Waals surface area contributed by atoms with Gasteiger partial charge >= 0.3 is 5.69 Å². The number of hydrazone groups is 1. The second-order valence-electron chi connectivity index (χ2n) is 7.50. The Labute approximate surface area is 202 Å². The van der Waals surface area contributed by atoms with Crippen molar-refractivity contribution in [2.45, 2.75) is 6.61 Å². The average molecular weight is 487 g/mol. The molecular formula is C24H17N5O7. The van der Waals surface area contributed by atoms with Gasteiger partial charge in [-0.1, -0.05) is 30.3 Å². The molecule has 4 aromatic rings. The predicted octanol–water partition coefficient (Wildman–Crippen LogP) is 5.59. The fourth-order valence-electron chi connectivity index (χ4n) is 3.46. The minimum Gasteiger partial charge on any atom is -0.488 e. The third kappa shape index (κ3) is 5.22. The summed E-state index contributed by atoms with van der Waals surface area (Å²) in [6.07, 6.45) is 1.44. The molecule has 4 rings (SSSR count). The van der Waals surface area contributed by atoms with Crippen molar-refractivity contribution in [3.63, 3.8) is 0 Å². The average Bonchev–Trinajstić information content (AvgIpc) is 2.88. The first-order valence-corrected chi connectivity index (χ1v) is 10.4. The molecule has 0 saturated heterocycles. The van der Waals surface area contributed by atoms with Crippen molar-refractivity contribution < 1.29 is 19.5 Å². The van der Waals surface area contributed by atoms with Crippen molar-refractivity contribution in [1.29, 1.82) is 0 Å². The quantitative estimate of drug-likeness (QED) is 0.181. The van der Waals surface area contributed by atoms with E-state index in [1.807, 2.05) is 30.3 Å². The van der Waals surface area contributed by atoms with Gasteiger partial charge < -0.3 is 4.74 Å². The molecule has 1 N–H and O–H groups in total. The Balaban J connectivity index is 1.62. The number of hydrogen-bond acceptors (Lipinski definition) is 9. The first-order chi connectivity index (χ1) is 17.3. The maximum Gasteiger partial charge on any atom is 0.301 e. The zero-order valence-electron chi connectivity index (χ0n) is 18.4. The molecule has 0 saturated carbocycles. The molecule has 4 aromatic carbocycles. The minimum atomic E-state index is -0.735. The molecule has 12 heteroatoms. The number of non-ortho nitro benzene ring substituents is 2. The minimum absolute atomic E-state index is 0.0181. The van der Waals surface area contributed by atoms with Crippen molar-refractivity contribution in [1.82, 2.24) is 0 Å². The molecule has 0 aliphatic carbocycles. The van der Waals surface area contributed by atoms with Gasteiger partial charge in [-0.3, -0.25) is 35.8 Å². The monoisotopic (exact) mass is 487 g/mol. The van der Waals surface area contributed by atoms with E-state index in [1.54, 1.807) is 18.2 Å². The Morgan fingerprint density at radius 2 is 1.50 bits per heavy atom. The van der Waals surface area contributed by atoms with Gasteiger partial charge in [0.15, 0.2) is 0 Å². The van der Waals surface area contributed by atoms with Crippen LogP contribution in [-0.2, 0) is 6.61 Å². The smallest absolute Gasteiger partial charge is 0.301 e. The summed E-state index contributed by atoms with van der Waals surface area (Å²) < 4.78 is 5.97. The lowest BCUT2D eigenvalue weighted by Gasteiger charge is -2.12. The Hall–Kier alpha value is -5.39. The van der Waals surface area contributed by atoms with Crippen LogP contribution in [0.15, 0.2) is 84.0 Å². The normalized spacial score (nSPS) is 10.9. The van der Waals surface area contributed by atoms with Crippen molar-refractivity contribution in [2.75, 3.05) is 5.43 Å². The van der Waals surface area contributed by atoms with E-state index < -0.39 is 26.1 Å². The van der Waals surface area contributed by atoms with Crippen LogP contribution in [-0.4, -0.2) is 21.0 Å². The molecular weight excluding hydrogens is 470 g/mol. The van der Waals surface area contributed by atoms with Crippen LogP contribution in [0.2, 0.25) is 0 Å². The Bertz CT molecular complexity index is 1500. The van der Waals surface area contributed by atoms with E-state index in [4.69, 9.17) is 4.74 Å². The number of nitrogens with one attached hydrogen (secondary N) is 1. The van der Waals surface area contributed by atoms with Gasteiger partial charge in [-0.2, -0.15) is 5.10 Å². The Morgan fingerprint density at radius 3 is 2.19 bits per heavy atom. The van der Waals surface area contributed by atoms with Crippen LogP contribution in [0.3, 0.4) is 0 Å². The molecule has 36 heavy (non-hydrogen) atoms. The van der Waals surface area contributed by atoms with E-state index in [9.17, 15) is 30.3 Å². The highest BCUT2D eigenvalue weighted by Gasteiger charge is 2.19. The summed E-state index contributed by atoms with van der Waals surface area (Å²) in [5.74, 6) is 0.468. The third-order valence-electron chi connectivity index (χ3n) is 5.24. The molecule has 0 aliphatic heterocycles. The van der Waals surface area contributed by atoms with E-state index in [2.05, 4.69) is 10.5 Å². The number of ether oxygens (including phenoxy) is 1. The van der Waals surface area contributed by atoms with Crippen molar-refractivity contribution in [3.05, 3.63) is 120 Å². The van der Waals surface area contributed by atoms with Crippen LogP contribution in [0, 0.1) is 30.3 Å². The highest BCUT2D eigenvalue weighted by Crippen LogP contribution is 2.30. The highest BCUT2D eigenvalue weighted by atomic mass is 16.6. The van der Waals surface area contributed by atoms with Crippen molar-refractivity contribution in [3.8, 4) is 5.75 Å². The van der Waals surface area contributed by atoms with E-state index in [0.717, 1.165) is 28.5 Å². The Kier molecular flexibility index (Phi) is 6.77. The van der Waals surface area contributed by atoms with Crippen LogP contribution in [0.4, 0.5) is 22.7 Å². The van der Waals surface area contributed by atoms with Gasteiger partial charge in [0.05, 0.1) is 27.1 Å². The van der Waals surface area contributed by atoms with Gasteiger partial charge in [0.2, 0.25) is 0 Å². The van der Waals surface area contributed by atoms with Crippen molar-refractivity contribution >= 4 is 39.7 Å². The summed E-state index contributed by atoms with van der Waals surface area (Å²) in [5.41, 5.74) is 2.94. The predicted molar refractivity (Wildman–Crippen MR) is 132 cm³/mol. The second kappa shape index (κ2) is 10.3. The molecule has 0 atom stereocenters. The first kappa shape index (κ1) is 23.8. The van der Waals surface area contributed by atoms with Gasteiger partial charge in [0.25, 0.3) is 11.4 Å². The van der Waals surface area contributed by atoms with Gasteiger partial charge in [-0.25, -0.2) is 0 Å². The summed E-state index contributed by atoms with van der Waals surface area (Å²) in [6.45, 7) is 0.137. The highest BCUT2D eigenvalue weighted by molar-refractivity contribution is 6.02. The number of hydrogen-bond donors (Lipinski definition) is 1. The van der Waals surface area contributed by atoms with Crippen LogP contribution < -0.4 is 10.2 Å². The number of nitro groups is 3. The zero-order chi connectivity index (χ0) is 25.7. The molecule has 0 spiro atoms.